The van der Waals surface area contributed by atoms with E-state index >= 15 is 0 Å². The maximum absolute atomic E-state index is 4.59. The van der Waals surface area contributed by atoms with Gasteiger partial charge in [-0.15, -0.1) is 0 Å². The van der Waals surface area contributed by atoms with Crippen LogP contribution >= 0.6 is 0 Å². The first kappa shape index (κ1) is 11.9. The second-order valence-corrected chi connectivity index (χ2v) is 5.13. The molecule has 0 N–H and O–H groups in total. The molecule has 1 aromatic heterocycles. The van der Waals surface area contributed by atoms with E-state index in [4.69, 9.17) is 0 Å². The summed E-state index contributed by atoms with van der Waals surface area (Å²) in [6, 6.07) is 15.0. The monoisotopic (exact) mass is 247 g/mol. The molecule has 0 bridgehead atoms. The number of hydrogen-bond acceptors (Lipinski definition) is 1. The molecule has 0 aliphatic rings. The lowest BCUT2D eigenvalue weighted by Gasteiger charge is -2.09. The molecule has 3 rings (SSSR count). The Kier molecular flexibility index (Phi) is 2.83. The van der Waals surface area contributed by atoms with E-state index in [9.17, 15) is 0 Å². The number of hydrogen-bond donors (Lipinski definition) is 0. The zero-order valence-electron chi connectivity index (χ0n) is 11.6. The highest BCUT2D eigenvalue weighted by molar-refractivity contribution is 5.96. The minimum atomic E-state index is 1.07. The number of rotatable bonds is 1. The van der Waals surface area contributed by atoms with E-state index in [0.29, 0.717) is 0 Å². The van der Waals surface area contributed by atoms with E-state index in [2.05, 4.69) is 68.2 Å². The Balaban J connectivity index is 2.30. The Hall–Kier alpha value is -2.15. The van der Waals surface area contributed by atoms with Gasteiger partial charge in [-0.05, 0) is 55.0 Å². The lowest BCUT2D eigenvalue weighted by Crippen LogP contribution is -1.89. The Morgan fingerprint density at radius 1 is 0.737 bits per heavy atom. The van der Waals surface area contributed by atoms with E-state index in [1.165, 1.54) is 33.0 Å². The van der Waals surface area contributed by atoms with Crippen molar-refractivity contribution in [2.45, 2.75) is 20.8 Å². The summed E-state index contributed by atoms with van der Waals surface area (Å²) < 4.78 is 0. The summed E-state index contributed by atoms with van der Waals surface area (Å²) in [5.74, 6) is 0. The zero-order valence-corrected chi connectivity index (χ0v) is 11.6. The quantitative estimate of drug-likeness (QED) is 0.600. The first-order valence-corrected chi connectivity index (χ1v) is 6.59. The van der Waals surface area contributed by atoms with Crippen molar-refractivity contribution in [1.29, 1.82) is 0 Å². The predicted octanol–water partition coefficient (Wildman–Crippen LogP) is 4.83. The molecular weight excluding hydrogens is 230 g/mol. The summed E-state index contributed by atoms with van der Waals surface area (Å²) in [5, 5.41) is 2.51. The normalized spacial score (nSPS) is 10.9. The highest BCUT2D eigenvalue weighted by atomic mass is 14.7. The third-order valence-electron chi connectivity index (χ3n) is 3.80. The minimum absolute atomic E-state index is 1.07. The molecule has 0 aliphatic carbocycles. The Bertz CT molecular complexity index is 757. The molecule has 94 valence electrons. The molecule has 0 atom stereocenters. The van der Waals surface area contributed by atoms with E-state index in [1.54, 1.807) is 0 Å². The summed E-state index contributed by atoms with van der Waals surface area (Å²) in [7, 11) is 0. The van der Waals surface area contributed by atoms with E-state index < -0.39 is 0 Å². The smallest absolute Gasteiger partial charge is 0.0780 e. The molecule has 1 heteroatoms. The van der Waals surface area contributed by atoms with Gasteiger partial charge in [-0.1, -0.05) is 30.3 Å². The fourth-order valence-corrected chi connectivity index (χ4v) is 2.48. The van der Waals surface area contributed by atoms with Crippen LogP contribution in [0.2, 0.25) is 0 Å². The summed E-state index contributed by atoms with van der Waals surface area (Å²) in [4.78, 5) is 4.59. The molecule has 0 radical (unpaired) electrons. The van der Waals surface area contributed by atoms with E-state index in [0.717, 1.165) is 5.69 Å². The van der Waals surface area contributed by atoms with Crippen LogP contribution in [0.3, 0.4) is 0 Å². The first-order chi connectivity index (χ1) is 9.16. The summed E-state index contributed by atoms with van der Waals surface area (Å²) >= 11 is 0. The predicted molar refractivity (Wildman–Crippen MR) is 81.4 cm³/mol. The fraction of sp³-hybridized carbons (Fsp3) is 0.167. The van der Waals surface area contributed by atoms with E-state index in [1.807, 2.05) is 6.20 Å². The number of fused-ring (bicyclic) bond motifs is 1. The van der Waals surface area contributed by atoms with Crippen LogP contribution in [-0.2, 0) is 0 Å². The maximum Gasteiger partial charge on any atom is 0.0780 e. The van der Waals surface area contributed by atoms with Crippen LogP contribution in [0.1, 0.15) is 16.7 Å². The number of aromatic nitrogens is 1. The third kappa shape index (κ3) is 2.01. The number of benzene rings is 2. The van der Waals surface area contributed by atoms with Crippen molar-refractivity contribution in [3.8, 4) is 11.3 Å². The van der Waals surface area contributed by atoms with Gasteiger partial charge in [0.15, 0.2) is 0 Å². The lowest BCUT2D eigenvalue weighted by molar-refractivity contribution is 1.31. The van der Waals surface area contributed by atoms with Crippen molar-refractivity contribution in [2.24, 2.45) is 0 Å². The van der Waals surface area contributed by atoms with Crippen molar-refractivity contribution in [1.82, 2.24) is 4.98 Å². The van der Waals surface area contributed by atoms with Gasteiger partial charge in [-0.3, -0.25) is 4.98 Å². The molecule has 0 aliphatic heterocycles. The van der Waals surface area contributed by atoms with Gasteiger partial charge in [0.1, 0.15) is 0 Å². The van der Waals surface area contributed by atoms with Crippen LogP contribution in [0.25, 0.3) is 22.0 Å². The van der Waals surface area contributed by atoms with Crippen molar-refractivity contribution in [2.75, 3.05) is 0 Å². The van der Waals surface area contributed by atoms with Gasteiger partial charge in [0.05, 0.1) is 5.69 Å². The molecule has 0 saturated carbocycles. The average molecular weight is 247 g/mol. The summed E-state index contributed by atoms with van der Waals surface area (Å²) in [5.41, 5.74) is 6.19. The molecule has 3 aromatic rings. The average Bonchev–Trinajstić information content (AvgIpc) is 2.42. The van der Waals surface area contributed by atoms with Crippen molar-refractivity contribution in [3.05, 3.63) is 65.4 Å². The highest BCUT2D eigenvalue weighted by Gasteiger charge is 2.07. The van der Waals surface area contributed by atoms with Crippen LogP contribution in [0, 0.1) is 20.8 Å². The van der Waals surface area contributed by atoms with Crippen molar-refractivity contribution < 1.29 is 0 Å². The molecular formula is C18H17N. The molecule has 0 spiro atoms. The molecule has 0 fully saturated rings. The zero-order chi connectivity index (χ0) is 13.4. The van der Waals surface area contributed by atoms with Gasteiger partial charge >= 0.3 is 0 Å². The lowest BCUT2D eigenvalue weighted by atomic mass is 9.98. The van der Waals surface area contributed by atoms with Gasteiger partial charge in [0.25, 0.3) is 0 Å². The van der Waals surface area contributed by atoms with Crippen LogP contribution in [0.5, 0.6) is 0 Å². The minimum Gasteiger partial charge on any atom is -0.256 e. The van der Waals surface area contributed by atoms with Gasteiger partial charge in [0, 0.05) is 17.1 Å². The largest absolute Gasteiger partial charge is 0.256 e. The van der Waals surface area contributed by atoms with Crippen LogP contribution in [0.4, 0.5) is 0 Å². The summed E-state index contributed by atoms with van der Waals surface area (Å²) in [6.07, 6.45) is 1.90. The topological polar surface area (TPSA) is 12.9 Å². The van der Waals surface area contributed by atoms with Gasteiger partial charge in [-0.25, -0.2) is 0 Å². The van der Waals surface area contributed by atoms with Gasteiger partial charge in [-0.2, -0.15) is 0 Å². The molecule has 0 amide bonds. The van der Waals surface area contributed by atoms with Crippen LogP contribution < -0.4 is 0 Å². The first-order valence-electron chi connectivity index (χ1n) is 6.59. The SMILES string of the molecule is Cc1ccc(-c2nccc3c(C)cccc23)cc1C. The fourth-order valence-electron chi connectivity index (χ4n) is 2.48. The van der Waals surface area contributed by atoms with Gasteiger partial charge < -0.3 is 0 Å². The molecule has 2 aromatic carbocycles. The van der Waals surface area contributed by atoms with Gasteiger partial charge in [0.2, 0.25) is 0 Å². The highest BCUT2D eigenvalue weighted by Crippen LogP contribution is 2.29. The molecule has 1 nitrogen and oxygen atoms in total. The van der Waals surface area contributed by atoms with Crippen molar-refractivity contribution in [3.63, 3.8) is 0 Å². The standard InChI is InChI=1S/C18H17N/c1-12-7-8-15(11-14(12)3)18-17-6-4-5-13(2)16(17)9-10-19-18/h4-11H,1-3H3. The second-order valence-electron chi connectivity index (χ2n) is 5.13. The number of nitrogens with zero attached hydrogens (tertiary/aromatic N) is 1. The van der Waals surface area contributed by atoms with Crippen LogP contribution in [-0.4, -0.2) is 4.98 Å². The third-order valence-corrected chi connectivity index (χ3v) is 3.80. The Morgan fingerprint density at radius 3 is 2.37 bits per heavy atom. The molecule has 19 heavy (non-hydrogen) atoms. The van der Waals surface area contributed by atoms with E-state index in [-0.39, 0.29) is 0 Å². The number of pyridine rings is 1. The maximum atomic E-state index is 4.59. The van der Waals surface area contributed by atoms with Crippen LogP contribution in [0.15, 0.2) is 48.7 Å². The Labute approximate surface area is 113 Å². The summed E-state index contributed by atoms with van der Waals surface area (Å²) in [6.45, 7) is 6.43. The number of aryl methyl sites for hydroxylation is 3. The molecule has 0 saturated heterocycles. The second kappa shape index (κ2) is 4.51. The van der Waals surface area contributed by atoms with Crippen molar-refractivity contribution >= 4 is 10.8 Å². The Morgan fingerprint density at radius 2 is 1.58 bits per heavy atom. The molecule has 1 heterocycles. The molecule has 0 unspecified atom stereocenters.